The third-order valence-electron chi connectivity index (χ3n) is 3.96. The predicted octanol–water partition coefficient (Wildman–Crippen LogP) is 0.970. The number of aliphatic hydroxyl groups excluding tert-OH is 1. The lowest BCUT2D eigenvalue weighted by Crippen LogP contribution is -2.44. The summed E-state index contributed by atoms with van der Waals surface area (Å²) in [4.78, 5) is 13.2. The zero-order valence-corrected chi connectivity index (χ0v) is 12.7. The van der Waals surface area contributed by atoms with Crippen molar-refractivity contribution in [3.05, 3.63) is 35.9 Å². The molecule has 116 valence electrons. The van der Waals surface area contributed by atoms with Crippen LogP contribution in [0.2, 0.25) is 0 Å². The van der Waals surface area contributed by atoms with E-state index in [1.807, 2.05) is 30.3 Å². The van der Waals surface area contributed by atoms with Gasteiger partial charge in [0.25, 0.3) is 0 Å². The molecule has 1 aliphatic rings. The summed E-state index contributed by atoms with van der Waals surface area (Å²) in [6, 6.07) is 9.66. The van der Waals surface area contributed by atoms with E-state index in [-0.39, 0.29) is 12.6 Å². The fourth-order valence-electron chi connectivity index (χ4n) is 2.63. The van der Waals surface area contributed by atoms with E-state index in [0.29, 0.717) is 0 Å². The van der Waals surface area contributed by atoms with Gasteiger partial charge in [0.15, 0.2) is 0 Å². The number of anilines is 2. The molecule has 2 heterocycles. The van der Waals surface area contributed by atoms with Crippen LogP contribution in [0.4, 0.5) is 11.8 Å². The molecule has 1 fully saturated rings. The third kappa shape index (κ3) is 3.18. The summed E-state index contributed by atoms with van der Waals surface area (Å²) in [7, 11) is 2.12. The van der Waals surface area contributed by atoms with Gasteiger partial charge in [0.1, 0.15) is 5.82 Å². The van der Waals surface area contributed by atoms with Gasteiger partial charge < -0.3 is 20.6 Å². The maximum atomic E-state index is 9.28. The summed E-state index contributed by atoms with van der Waals surface area (Å²) in [6.45, 7) is 3.91. The molecule has 0 aliphatic carbocycles. The van der Waals surface area contributed by atoms with Gasteiger partial charge in [-0.3, -0.25) is 0 Å². The Morgan fingerprint density at radius 1 is 1.14 bits per heavy atom. The van der Waals surface area contributed by atoms with E-state index in [9.17, 15) is 5.11 Å². The third-order valence-corrected chi connectivity index (χ3v) is 3.96. The van der Waals surface area contributed by atoms with Crippen LogP contribution in [0.15, 0.2) is 30.3 Å². The Balaban J connectivity index is 1.92. The summed E-state index contributed by atoms with van der Waals surface area (Å²) >= 11 is 0. The summed E-state index contributed by atoms with van der Waals surface area (Å²) in [5, 5.41) is 9.28. The number of nitrogens with zero attached hydrogens (tertiary/aromatic N) is 4. The first-order chi connectivity index (χ1) is 10.7. The lowest BCUT2D eigenvalue weighted by atomic mass is 10.1. The minimum absolute atomic E-state index is 0.0136. The molecule has 0 atom stereocenters. The van der Waals surface area contributed by atoms with Crippen molar-refractivity contribution in [2.45, 2.75) is 6.61 Å². The molecule has 3 N–H and O–H groups in total. The number of aliphatic hydroxyl groups is 1. The van der Waals surface area contributed by atoms with Gasteiger partial charge in [0, 0.05) is 37.8 Å². The lowest BCUT2D eigenvalue weighted by Gasteiger charge is -2.33. The van der Waals surface area contributed by atoms with Gasteiger partial charge in [-0.15, -0.1) is 0 Å². The maximum Gasteiger partial charge on any atom is 0.222 e. The monoisotopic (exact) mass is 299 g/mol. The van der Waals surface area contributed by atoms with Crippen LogP contribution >= 0.6 is 0 Å². The van der Waals surface area contributed by atoms with Crippen molar-refractivity contribution in [1.29, 1.82) is 0 Å². The molecule has 1 aromatic carbocycles. The molecule has 0 spiro atoms. The highest BCUT2D eigenvalue weighted by atomic mass is 16.3. The SMILES string of the molecule is CN1CCN(c2cc(-c3cccc(CO)c3)nc(N)n2)CC1. The minimum Gasteiger partial charge on any atom is -0.392 e. The van der Waals surface area contributed by atoms with Crippen LogP contribution in [-0.4, -0.2) is 53.2 Å². The Labute approximate surface area is 130 Å². The van der Waals surface area contributed by atoms with E-state index in [4.69, 9.17) is 5.73 Å². The molecule has 0 bridgehead atoms. The fourth-order valence-corrected chi connectivity index (χ4v) is 2.63. The van der Waals surface area contributed by atoms with Crippen LogP contribution in [-0.2, 0) is 6.61 Å². The fraction of sp³-hybridized carbons (Fsp3) is 0.375. The van der Waals surface area contributed by atoms with E-state index >= 15 is 0 Å². The molecular weight excluding hydrogens is 278 g/mol. The van der Waals surface area contributed by atoms with Crippen LogP contribution in [0.1, 0.15) is 5.56 Å². The van der Waals surface area contributed by atoms with Crippen LogP contribution in [0, 0.1) is 0 Å². The highest BCUT2D eigenvalue weighted by Crippen LogP contribution is 2.24. The van der Waals surface area contributed by atoms with Gasteiger partial charge >= 0.3 is 0 Å². The van der Waals surface area contributed by atoms with Gasteiger partial charge in [0.2, 0.25) is 5.95 Å². The first-order valence-corrected chi connectivity index (χ1v) is 7.44. The Bertz CT molecular complexity index is 653. The number of piperazine rings is 1. The van der Waals surface area contributed by atoms with Crippen molar-refractivity contribution in [3.8, 4) is 11.3 Å². The van der Waals surface area contributed by atoms with Crippen molar-refractivity contribution >= 4 is 11.8 Å². The average molecular weight is 299 g/mol. The second kappa shape index (κ2) is 6.29. The molecule has 22 heavy (non-hydrogen) atoms. The van der Waals surface area contributed by atoms with Gasteiger partial charge in [-0.25, -0.2) is 4.98 Å². The van der Waals surface area contributed by atoms with Gasteiger partial charge in [-0.05, 0) is 18.7 Å². The number of benzene rings is 1. The average Bonchev–Trinajstić information content (AvgIpc) is 2.55. The Kier molecular flexibility index (Phi) is 4.22. The van der Waals surface area contributed by atoms with Crippen molar-refractivity contribution in [1.82, 2.24) is 14.9 Å². The largest absolute Gasteiger partial charge is 0.392 e. The Hall–Kier alpha value is -2.18. The number of rotatable bonds is 3. The summed E-state index contributed by atoms with van der Waals surface area (Å²) in [5.41, 5.74) is 8.48. The molecule has 0 saturated carbocycles. The minimum atomic E-state index is 0.0136. The highest BCUT2D eigenvalue weighted by Gasteiger charge is 2.17. The standard InChI is InChI=1S/C16H21N5O/c1-20-5-7-21(8-6-20)15-10-14(18-16(17)19-15)13-4-2-3-12(9-13)11-22/h2-4,9-10,22H,5-8,11H2,1H3,(H2,17,18,19). The van der Waals surface area contributed by atoms with Gasteiger partial charge in [-0.2, -0.15) is 4.98 Å². The Morgan fingerprint density at radius 3 is 2.64 bits per heavy atom. The molecule has 0 radical (unpaired) electrons. The predicted molar refractivity (Wildman–Crippen MR) is 87.5 cm³/mol. The van der Waals surface area contributed by atoms with Gasteiger partial charge in [-0.1, -0.05) is 18.2 Å². The number of nitrogen functional groups attached to an aromatic ring is 1. The molecule has 1 aliphatic heterocycles. The smallest absolute Gasteiger partial charge is 0.222 e. The molecule has 6 heteroatoms. The van der Waals surface area contributed by atoms with E-state index in [1.165, 1.54) is 0 Å². The summed E-state index contributed by atoms with van der Waals surface area (Å²) < 4.78 is 0. The van der Waals surface area contributed by atoms with Crippen LogP contribution < -0.4 is 10.6 Å². The number of nitrogens with two attached hydrogens (primary N) is 1. The highest BCUT2D eigenvalue weighted by molar-refractivity contribution is 5.65. The number of hydrogen-bond donors (Lipinski definition) is 2. The van der Waals surface area contributed by atoms with Gasteiger partial charge in [0.05, 0.1) is 12.3 Å². The summed E-state index contributed by atoms with van der Waals surface area (Å²) in [6.07, 6.45) is 0. The first kappa shape index (κ1) is 14.7. The molecule has 0 amide bonds. The van der Waals surface area contributed by atoms with Crippen molar-refractivity contribution in [3.63, 3.8) is 0 Å². The maximum absolute atomic E-state index is 9.28. The molecule has 0 unspecified atom stereocenters. The van der Waals surface area contributed by atoms with Crippen molar-refractivity contribution in [2.75, 3.05) is 43.9 Å². The van der Waals surface area contributed by atoms with Crippen molar-refractivity contribution in [2.24, 2.45) is 0 Å². The van der Waals surface area contributed by atoms with Crippen LogP contribution in [0.25, 0.3) is 11.3 Å². The second-order valence-corrected chi connectivity index (χ2v) is 5.62. The zero-order chi connectivity index (χ0) is 15.5. The van der Waals surface area contributed by atoms with E-state index < -0.39 is 0 Å². The van der Waals surface area contributed by atoms with E-state index in [2.05, 4.69) is 26.8 Å². The topological polar surface area (TPSA) is 78.5 Å². The molecule has 3 rings (SSSR count). The molecular formula is C16H21N5O. The van der Waals surface area contributed by atoms with E-state index in [1.54, 1.807) is 0 Å². The molecule has 6 nitrogen and oxygen atoms in total. The first-order valence-electron chi connectivity index (χ1n) is 7.44. The van der Waals surface area contributed by atoms with Crippen molar-refractivity contribution < 1.29 is 5.11 Å². The van der Waals surface area contributed by atoms with Crippen LogP contribution in [0.5, 0.6) is 0 Å². The number of hydrogen-bond acceptors (Lipinski definition) is 6. The Morgan fingerprint density at radius 2 is 1.91 bits per heavy atom. The second-order valence-electron chi connectivity index (χ2n) is 5.62. The quantitative estimate of drug-likeness (QED) is 0.879. The number of aromatic nitrogens is 2. The molecule has 1 aromatic heterocycles. The normalized spacial score (nSPS) is 16.0. The molecule has 1 saturated heterocycles. The molecule has 2 aromatic rings. The number of likely N-dealkylation sites (N-methyl/N-ethyl adjacent to an activating group) is 1. The summed E-state index contributed by atoms with van der Waals surface area (Å²) in [5.74, 6) is 1.14. The lowest BCUT2D eigenvalue weighted by molar-refractivity contribution is 0.282. The van der Waals surface area contributed by atoms with Crippen LogP contribution in [0.3, 0.4) is 0 Å². The zero-order valence-electron chi connectivity index (χ0n) is 12.7. The van der Waals surface area contributed by atoms with E-state index in [0.717, 1.165) is 48.8 Å².